The molecule has 0 aromatic carbocycles. The van der Waals surface area contributed by atoms with Gasteiger partial charge >= 0.3 is 0 Å². The summed E-state index contributed by atoms with van der Waals surface area (Å²) in [7, 11) is 0. The highest BCUT2D eigenvalue weighted by atomic mass is 19.1. The van der Waals surface area contributed by atoms with E-state index in [-0.39, 0.29) is 0 Å². The van der Waals surface area contributed by atoms with Crippen molar-refractivity contribution in [2.24, 2.45) is 0 Å². The average molecular weight is 314 g/mol. The summed E-state index contributed by atoms with van der Waals surface area (Å²) in [5.74, 6) is 1.29. The van der Waals surface area contributed by atoms with E-state index in [1.807, 2.05) is 18.3 Å². The Kier molecular flexibility index (Phi) is 3.78. The molecule has 0 spiro atoms. The maximum absolute atomic E-state index is 12.9. The van der Waals surface area contributed by atoms with Crippen LogP contribution in [0.2, 0.25) is 0 Å². The summed E-state index contributed by atoms with van der Waals surface area (Å²) in [5, 5.41) is 0. The first-order valence-electron chi connectivity index (χ1n) is 7.92. The summed E-state index contributed by atoms with van der Waals surface area (Å²) in [5.41, 5.74) is 0. The lowest BCUT2D eigenvalue weighted by atomic mass is 10.1. The molecule has 2 saturated heterocycles. The lowest BCUT2D eigenvalue weighted by Crippen LogP contribution is -2.63. The van der Waals surface area contributed by atoms with E-state index >= 15 is 0 Å². The molecule has 120 valence electrons. The number of pyridine rings is 1. The van der Waals surface area contributed by atoms with Gasteiger partial charge in [0.05, 0.1) is 12.4 Å². The van der Waals surface area contributed by atoms with E-state index in [1.165, 1.54) is 12.4 Å². The fourth-order valence-corrected chi connectivity index (χ4v) is 3.18. The molecule has 2 fully saturated rings. The molecular weight excluding hydrogens is 295 g/mol. The van der Waals surface area contributed by atoms with Crippen LogP contribution in [0, 0.1) is 5.82 Å². The highest BCUT2D eigenvalue weighted by molar-refractivity contribution is 5.39. The number of anilines is 2. The Bertz CT molecular complexity index is 635. The number of rotatable bonds is 3. The molecular formula is C16H19FN6. The van der Waals surface area contributed by atoms with Gasteiger partial charge in [-0.25, -0.2) is 19.3 Å². The van der Waals surface area contributed by atoms with E-state index in [1.54, 1.807) is 0 Å². The molecule has 0 bridgehead atoms. The molecule has 2 aliphatic rings. The number of halogens is 1. The fraction of sp³-hybridized carbons (Fsp3) is 0.438. The van der Waals surface area contributed by atoms with Gasteiger partial charge < -0.3 is 9.80 Å². The van der Waals surface area contributed by atoms with Crippen molar-refractivity contribution in [2.45, 2.75) is 6.04 Å². The second-order valence-corrected chi connectivity index (χ2v) is 5.97. The zero-order valence-electron chi connectivity index (χ0n) is 12.8. The van der Waals surface area contributed by atoms with Gasteiger partial charge in [-0.05, 0) is 12.1 Å². The largest absolute Gasteiger partial charge is 0.354 e. The number of aromatic nitrogens is 3. The lowest BCUT2D eigenvalue weighted by molar-refractivity contribution is 0.156. The van der Waals surface area contributed by atoms with Crippen LogP contribution in [-0.4, -0.2) is 65.2 Å². The first kappa shape index (κ1) is 14.3. The van der Waals surface area contributed by atoms with Crippen LogP contribution in [0.5, 0.6) is 0 Å². The Hall–Kier alpha value is -2.28. The van der Waals surface area contributed by atoms with Gasteiger partial charge in [-0.1, -0.05) is 6.07 Å². The highest BCUT2D eigenvalue weighted by Crippen LogP contribution is 2.22. The van der Waals surface area contributed by atoms with Crippen molar-refractivity contribution in [3.05, 3.63) is 42.6 Å². The van der Waals surface area contributed by atoms with Crippen molar-refractivity contribution >= 4 is 11.8 Å². The zero-order chi connectivity index (χ0) is 15.6. The summed E-state index contributed by atoms with van der Waals surface area (Å²) in [6.45, 7) is 5.91. The van der Waals surface area contributed by atoms with E-state index in [4.69, 9.17) is 0 Å². The van der Waals surface area contributed by atoms with Gasteiger partial charge in [0.2, 0.25) is 5.95 Å². The predicted molar refractivity (Wildman–Crippen MR) is 86.0 cm³/mol. The highest BCUT2D eigenvalue weighted by Gasteiger charge is 2.34. The van der Waals surface area contributed by atoms with E-state index in [9.17, 15) is 4.39 Å². The molecule has 0 atom stereocenters. The van der Waals surface area contributed by atoms with Crippen molar-refractivity contribution in [1.82, 2.24) is 19.9 Å². The monoisotopic (exact) mass is 314 g/mol. The van der Waals surface area contributed by atoms with Crippen LogP contribution in [0.3, 0.4) is 0 Å². The number of hydrogen-bond donors (Lipinski definition) is 0. The molecule has 23 heavy (non-hydrogen) atoms. The second-order valence-electron chi connectivity index (χ2n) is 5.97. The van der Waals surface area contributed by atoms with Crippen LogP contribution in [0.1, 0.15) is 0 Å². The molecule has 0 aliphatic carbocycles. The Morgan fingerprint density at radius 1 is 0.913 bits per heavy atom. The molecule has 0 amide bonds. The molecule has 0 saturated carbocycles. The third kappa shape index (κ3) is 2.96. The Morgan fingerprint density at radius 3 is 2.30 bits per heavy atom. The van der Waals surface area contributed by atoms with E-state index in [2.05, 4.69) is 35.7 Å². The Labute approximate surface area is 134 Å². The first-order valence-corrected chi connectivity index (χ1v) is 7.92. The molecule has 0 radical (unpaired) electrons. The minimum absolute atomic E-state index is 0.392. The van der Waals surface area contributed by atoms with Crippen molar-refractivity contribution in [3.8, 4) is 0 Å². The molecule has 7 heteroatoms. The van der Waals surface area contributed by atoms with Gasteiger partial charge in [0, 0.05) is 51.5 Å². The SMILES string of the molecule is Fc1cnc(N2CC(N3CCN(c4ccccn4)CC3)C2)nc1. The fourth-order valence-electron chi connectivity index (χ4n) is 3.18. The van der Waals surface area contributed by atoms with E-state index in [0.29, 0.717) is 12.0 Å². The normalized spacial score (nSPS) is 19.7. The lowest BCUT2D eigenvalue weighted by Gasteiger charge is -2.48. The van der Waals surface area contributed by atoms with Gasteiger partial charge in [-0.15, -0.1) is 0 Å². The summed E-state index contributed by atoms with van der Waals surface area (Å²) in [4.78, 5) is 19.4. The van der Waals surface area contributed by atoms with Gasteiger partial charge in [0.25, 0.3) is 0 Å². The summed E-state index contributed by atoms with van der Waals surface area (Å²) in [6, 6.07) is 6.57. The first-order chi connectivity index (χ1) is 11.3. The van der Waals surface area contributed by atoms with Gasteiger partial charge in [-0.3, -0.25) is 4.90 Å². The van der Waals surface area contributed by atoms with Crippen LogP contribution in [0.15, 0.2) is 36.8 Å². The number of nitrogens with zero attached hydrogens (tertiary/aromatic N) is 6. The molecule has 0 unspecified atom stereocenters. The van der Waals surface area contributed by atoms with Crippen molar-refractivity contribution in [2.75, 3.05) is 49.1 Å². The summed E-state index contributed by atoms with van der Waals surface area (Å²) >= 11 is 0. The number of piperazine rings is 1. The molecule has 2 aromatic heterocycles. The maximum atomic E-state index is 12.9. The van der Waals surface area contributed by atoms with Crippen LogP contribution in [0.25, 0.3) is 0 Å². The molecule has 0 N–H and O–H groups in total. The van der Waals surface area contributed by atoms with Gasteiger partial charge in [-0.2, -0.15) is 0 Å². The van der Waals surface area contributed by atoms with E-state index < -0.39 is 5.82 Å². The summed E-state index contributed by atoms with van der Waals surface area (Å²) < 4.78 is 12.9. The second kappa shape index (κ2) is 6.08. The van der Waals surface area contributed by atoms with Crippen molar-refractivity contribution < 1.29 is 4.39 Å². The van der Waals surface area contributed by atoms with Crippen LogP contribution in [-0.2, 0) is 0 Å². The van der Waals surface area contributed by atoms with Gasteiger partial charge in [0.1, 0.15) is 5.82 Å². The van der Waals surface area contributed by atoms with Crippen LogP contribution >= 0.6 is 0 Å². The zero-order valence-corrected chi connectivity index (χ0v) is 12.8. The van der Waals surface area contributed by atoms with E-state index in [0.717, 1.165) is 45.1 Å². The standard InChI is InChI=1S/C16H19FN6/c17-13-9-19-16(20-10-13)23-11-14(12-23)21-5-7-22(8-6-21)15-3-1-2-4-18-15/h1-4,9-10,14H,5-8,11-12H2. The van der Waals surface area contributed by atoms with Crippen LogP contribution < -0.4 is 9.80 Å². The molecule has 2 aliphatic heterocycles. The quantitative estimate of drug-likeness (QED) is 0.843. The van der Waals surface area contributed by atoms with Crippen LogP contribution in [0.4, 0.5) is 16.2 Å². The maximum Gasteiger partial charge on any atom is 0.225 e. The smallest absolute Gasteiger partial charge is 0.225 e. The predicted octanol–water partition coefficient (Wildman–Crippen LogP) is 1.02. The van der Waals surface area contributed by atoms with Crippen molar-refractivity contribution in [1.29, 1.82) is 0 Å². The molecule has 4 rings (SSSR count). The Balaban J connectivity index is 1.28. The Morgan fingerprint density at radius 2 is 1.65 bits per heavy atom. The molecule has 4 heterocycles. The minimum Gasteiger partial charge on any atom is -0.354 e. The van der Waals surface area contributed by atoms with Gasteiger partial charge in [0.15, 0.2) is 5.82 Å². The van der Waals surface area contributed by atoms with Crippen molar-refractivity contribution in [3.63, 3.8) is 0 Å². The molecule has 2 aromatic rings. The molecule has 6 nitrogen and oxygen atoms in total. The minimum atomic E-state index is -0.392. The topological polar surface area (TPSA) is 48.4 Å². The third-order valence-corrected chi connectivity index (χ3v) is 4.56. The number of hydrogen-bond acceptors (Lipinski definition) is 6. The summed E-state index contributed by atoms with van der Waals surface area (Å²) in [6.07, 6.45) is 4.29. The average Bonchev–Trinajstić information content (AvgIpc) is 2.57. The third-order valence-electron chi connectivity index (χ3n) is 4.56.